The Morgan fingerprint density at radius 2 is 1.85 bits per heavy atom. The van der Waals surface area contributed by atoms with Crippen LogP contribution < -0.4 is 0 Å². The van der Waals surface area contributed by atoms with Crippen molar-refractivity contribution in [2.45, 2.75) is 40.5 Å². The van der Waals surface area contributed by atoms with Crippen LogP contribution in [0.2, 0.25) is 0 Å². The van der Waals surface area contributed by atoms with Crippen molar-refractivity contribution in [3.05, 3.63) is 59.9 Å². The van der Waals surface area contributed by atoms with Crippen LogP contribution in [0.1, 0.15) is 39.7 Å². The Morgan fingerprint density at radius 3 is 2.35 bits per heavy atom. The maximum atomic E-state index is 11.2. The second kappa shape index (κ2) is 7.09. The smallest absolute Gasteiger partial charge is 0.307 e. The molecule has 0 N–H and O–H groups in total. The van der Waals surface area contributed by atoms with Crippen LogP contribution in [0.4, 0.5) is 0 Å². The molecule has 0 fully saturated rings. The van der Waals surface area contributed by atoms with Gasteiger partial charge in [-0.2, -0.15) is 0 Å². The molecule has 0 spiro atoms. The first-order chi connectivity index (χ1) is 9.36. The highest BCUT2D eigenvalue weighted by Gasteiger charge is 2.24. The van der Waals surface area contributed by atoms with Gasteiger partial charge in [0.15, 0.2) is 0 Å². The van der Waals surface area contributed by atoms with Gasteiger partial charge in [-0.15, -0.1) is 6.58 Å². The third-order valence-corrected chi connectivity index (χ3v) is 3.52. The van der Waals surface area contributed by atoms with Gasteiger partial charge in [-0.3, -0.25) is 4.79 Å². The Labute approximate surface area is 122 Å². The highest BCUT2D eigenvalue weighted by Crippen LogP contribution is 2.33. The number of esters is 1. The van der Waals surface area contributed by atoms with Gasteiger partial charge >= 0.3 is 5.97 Å². The van der Waals surface area contributed by atoms with E-state index in [-0.39, 0.29) is 11.4 Å². The number of ether oxygens (including phenoxy) is 1. The minimum Gasteiger partial charge on any atom is -0.431 e. The molecule has 0 aliphatic heterocycles. The summed E-state index contributed by atoms with van der Waals surface area (Å²) in [7, 11) is 0. The fourth-order valence-electron chi connectivity index (χ4n) is 2.19. The van der Waals surface area contributed by atoms with Gasteiger partial charge in [0.1, 0.15) is 5.76 Å². The van der Waals surface area contributed by atoms with Crippen LogP contribution in [0, 0.1) is 5.41 Å². The van der Waals surface area contributed by atoms with Gasteiger partial charge in [0, 0.05) is 13.3 Å². The molecule has 1 rings (SSSR count). The van der Waals surface area contributed by atoms with Crippen LogP contribution >= 0.6 is 0 Å². The van der Waals surface area contributed by atoms with E-state index in [2.05, 4.69) is 32.6 Å². The van der Waals surface area contributed by atoms with Crippen molar-refractivity contribution in [2.75, 3.05) is 0 Å². The molecule has 0 bridgehead atoms. The Morgan fingerprint density at radius 1 is 1.25 bits per heavy atom. The zero-order valence-corrected chi connectivity index (χ0v) is 12.9. The summed E-state index contributed by atoms with van der Waals surface area (Å²) in [6, 6.07) is 10.3. The average molecular weight is 272 g/mol. The summed E-state index contributed by atoms with van der Waals surface area (Å²) >= 11 is 0. The van der Waals surface area contributed by atoms with Gasteiger partial charge < -0.3 is 4.74 Å². The number of hydrogen-bond acceptors (Lipinski definition) is 2. The second-order valence-electron chi connectivity index (χ2n) is 5.68. The van der Waals surface area contributed by atoms with Crippen LogP contribution in [-0.4, -0.2) is 5.97 Å². The van der Waals surface area contributed by atoms with E-state index in [0.29, 0.717) is 12.2 Å². The van der Waals surface area contributed by atoms with Crippen LogP contribution in [0.3, 0.4) is 0 Å². The first kappa shape index (κ1) is 16.2. The highest BCUT2D eigenvalue weighted by atomic mass is 16.5. The standard InChI is InChI=1S/C18H24O2/c1-6-10-17(20-15(3)19)14(2)18(4,5)13-16-11-8-7-9-12-16/h6-9,11-12H,1,10,13H2,2-5H3/b17-14+. The van der Waals surface area contributed by atoms with E-state index in [1.807, 2.05) is 25.1 Å². The maximum absolute atomic E-state index is 11.2. The van der Waals surface area contributed by atoms with Gasteiger partial charge in [0.25, 0.3) is 0 Å². The topological polar surface area (TPSA) is 26.3 Å². The van der Waals surface area contributed by atoms with Gasteiger partial charge in [-0.05, 0) is 29.9 Å². The molecular weight excluding hydrogens is 248 g/mol. The fraction of sp³-hybridized carbons (Fsp3) is 0.389. The number of carbonyl (C=O) groups excluding carboxylic acids is 1. The number of rotatable bonds is 6. The Bertz CT molecular complexity index is 495. The molecule has 0 amide bonds. The SMILES string of the molecule is C=CC/C(OC(C)=O)=C(/C)C(C)(C)Cc1ccccc1. The van der Waals surface area contributed by atoms with Gasteiger partial charge in [0.2, 0.25) is 0 Å². The summed E-state index contributed by atoms with van der Waals surface area (Å²) in [5.41, 5.74) is 2.30. The van der Waals surface area contributed by atoms with Crippen molar-refractivity contribution in [3.63, 3.8) is 0 Å². The lowest BCUT2D eigenvalue weighted by Crippen LogP contribution is -2.19. The third-order valence-electron chi connectivity index (χ3n) is 3.52. The Balaban J connectivity index is 3.02. The van der Waals surface area contributed by atoms with Crippen molar-refractivity contribution < 1.29 is 9.53 Å². The summed E-state index contributed by atoms with van der Waals surface area (Å²) < 4.78 is 5.35. The second-order valence-corrected chi connectivity index (χ2v) is 5.68. The minimum absolute atomic E-state index is 0.0743. The zero-order chi connectivity index (χ0) is 15.2. The normalized spacial score (nSPS) is 12.6. The molecule has 0 aliphatic carbocycles. The summed E-state index contributed by atoms with van der Waals surface area (Å²) in [6.07, 6.45) is 3.24. The molecule has 2 heteroatoms. The summed E-state index contributed by atoms with van der Waals surface area (Å²) in [5, 5.41) is 0. The van der Waals surface area contributed by atoms with E-state index in [4.69, 9.17) is 4.74 Å². The molecule has 2 nitrogen and oxygen atoms in total. The molecule has 108 valence electrons. The molecule has 0 unspecified atom stereocenters. The molecule has 0 aliphatic rings. The van der Waals surface area contributed by atoms with E-state index in [1.165, 1.54) is 12.5 Å². The largest absolute Gasteiger partial charge is 0.431 e. The first-order valence-electron chi connectivity index (χ1n) is 6.90. The van der Waals surface area contributed by atoms with Crippen LogP contribution in [-0.2, 0) is 16.0 Å². The molecule has 0 aromatic heterocycles. The molecule has 0 heterocycles. The van der Waals surface area contributed by atoms with Crippen LogP contribution in [0.5, 0.6) is 0 Å². The maximum Gasteiger partial charge on any atom is 0.307 e. The predicted octanol–water partition coefficient (Wildman–Crippen LogP) is 4.67. The van der Waals surface area contributed by atoms with E-state index in [9.17, 15) is 4.79 Å². The number of hydrogen-bond donors (Lipinski definition) is 0. The lowest BCUT2D eigenvalue weighted by molar-refractivity contribution is -0.137. The molecule has 0 atom stereocenters. The molecule has 1 aromatic carbocycles. The van der Waals surface area contributed by atoms with Gasteiger partial charge in [0.05, 0.1) is 0 Å². The van der Waals surface area contributed by atoms with Crippen molar-refractivity contribution in [2.24, 2.45) is 5.41 Å². The van der Waals surface area contributed by atoms with Crippen molar-refractivity contribution >= 4 is 5.97 Å². The fourth-order valence-corrected chi connectivity index (χ4v) is 2.19. The van der Waals surface area contributed by atoms with Crippen molar-refractivity contribution in [3.8, 4) is 0 Å². The number of carbonyl (C=O) groups is 1. The third kappa shape index (κ3) is 4.69. The van der Waals surface area contributed by atoms with Gasteiger partial charge in [-0.25, -0.2) is 0 Å². The molecule has 1 aromatic rings. The van der Waals surface area contributed by atoms with E-state index in [1.54, 1.807) is 6.08 Å². The van der Waals surface area contributed by atoms with Crippen LogP contribution in [0.25, 0.3) is 0 Å². The molecule has 20 heavy (non-hydrogen) atoms. The van der Waals surface area contributed by atoms with Crippen LogP contribution in [0.15, 0.2) is 54.3 Å². The molecule has 0 radical (unpaired) electrons. The minimum atomic E-state index is -0.281. The Kier molecular flexibility index (Phi) is 5.75. The predicted molar refractivity (Wildman–Crippen MR) is 83.2 cm³/mol. The Hall–Kier alpha value is -1.83. The summed E-state index contributed by atoms with van der Waals surface area (Å²) in [4.78, 5) is 11.2. The van der Waals surface area contributed by atoms with E-state index < -0.39 is 0 Å². The monoisotopic (exact) mass is 272 g/mol. The number of benzene rings is 1. The van der Waals surface area contributed by atoms with Gasteiger partial charge in [-0.1, -0.05) is 50.3 Å². The molecule has 0 saturated carbocycles. The summed E-state index contributed by atoms with van der Waals surface area (Å²) in [6.45, 7) is 11.5. The van der Waals surface area contributed by atoms with Crippen molar-refractivity contribution in [1.82, 2.24) is 0 Å². The zero-order valence-electron chi connectivity index (χ0n) is 12.9. The highest BCUT2D eigenvalue weighted by molar-refractivity contribution is 5.67. The lowest BCUT2D eigenvalue weighted by atomic mass is 9.78. The first-order valence-corrected chi connectivity index (χ1v) is 6.90. The molecular formula is C18H24O2. The van der Waals surface area contributed by atoms with Crippen molar-refractivity contribution in [1.29, 1.82) is 0 Å². The summed E-state index contributed by atoms with van der Waals surface area (Å²) in [5.74, 6) is 0.435. The van der Waals surface area contributed by atoms with E-state index >= 15 is 0 Å². The molecule has 0 saturated heterocycles. The lowest BCUT2D eigenvalue weighted by Gasteiger charge is -2.28. The van der Waals surface area contributed by atoms with E-state index in [0.717, 1.165) is 12.0 Å². The average Bonchev–Trinajstić information content (AvgIpc) is 2.37. The number of allylic oxidation sites excluding steroid dienone is 2. The quantitative estimate of drug-likeness (QED) is 0.427.